The summed E-state index contributed by atoms with van der Waals surface area (Å²) in [5, 5.41) is 9.15. The van der Waals surface area contributed by atoms with Crippen LogP contribution in [-0.4, -0.2) is 89.0 Å². The lowest BCUT2D eigenvalue weighted by Gasteiger charge is -2.46. The molecule has 1 aromatic rings. The Kier molecular flexibility index (Phi) is 7.39. The van der Waals surface area contributed by atoms with E-state index in [1.54, 1.807) is 6.20 Å². The molecule has 0 aromatic carbocycles. The summed E-state index contributed by atoms with van der Waals surface area (Å²) in [4.78, 5) is 34.8. The average molecular weight is 389 g/mol. The number of hydrogen-bond donors (Lipinski definition) is 1. The summed E-state index contributed by atoms with van der Waals surface area (Å²) in [7, 11) is 2.14. The second-order valence-corrected chi connectivity index (χ2v) is 8.09. The predicted octanol–water partition coefficient (Wildman–Crippen LogP) is 1.34. The Labute approximate surface area is 167 Å². The first-order valence-electron chi connectivity index (χ1n) is 10.3. The standard InChI is InChI=1S/C21H32N4O3/c1-23-11-13-24(14-12-23)19-8-10-25(16-18(19)5-7-21(27)28)20(26)6-4-17-3-2-9-22-15-17/h2-3,9,15,18-19H,4-8,10-14,16H2,1H3,(H,27,28). The molecule has 0 aliphatic carbocycles. The lowest BCUT2D eigenvalue weighted by atomic mass is 9.86. The number of piperidine rings is 1. The first-order valence-corrected chi connectivity index (χ1v) is 10.3. The van der Waals surface area contributed by atoms with E-state index in [1.165, 1.54) is 0 Å². The highest BCUT2D eigenvalue weighted by molar-refractivity contribution is 5.76. The molecule has 2 aliphatic heterocycles. The van der Waals surface area contributed by atoms with Crippen LogP contribution < -0.4 is 0 Å². The molecule has 0 spiro atoms. The van der Waals surface area contributed by atoms with Crippen LogP contribution in [0.5, 0.6) is 0 Å². The average Bonchev–Trinajstić information content (AvgIpc) is 2.71. The van der Waals surface area contributed by atoms with E-state index in [4.69, 9.17) is 5.11 Å². The predicted molar refractivity (Wildman–Crippen MR) is 107 cm³/mol. The second-order valence-electron chi connectivity index (χ2n) is 8.09. The van der Waals surface area contributed by atoms with E-state index in [9.17, 15) is 9.59 Å². The van der Waals surface area contributed by atoms with Gasteiger partial charge in [-0.25, -0.2) is 0 Å². The molecule has 7 heteroatoms. The van der Waals surface area contributed by atoms with Crippen LogP contribution in [0.25, 0.3) is 0 Å². The molecule has 1 aromatic heterocycles. The van der Waals surface area contributed by atoms with E-state index in [1.807, 2.05) is 23.2 Å². The van der Waals surface area contributed by atoms with Gasteiger partial charge in [-0.1, -0.05) is 6.07 Å². The third-order valence-corrected chi connectivity index (χ3v) is 6.13. The van der Waals surface area contributed by atoms with Gasteiger partial charge in [0.25, 0.3) is 0 Å². The Hall–Kier alpha value is -1.99. The number of piperazine rings is 1. The van der Waals surface area contributed by atoms with Crippen molar-refractivity contribution in [2.45, 2.75) is 38.1 Å². The van der Waals surface area contributed by atoms with Gasteiger partial charge >= 0.3 is 5.97 Å². The third-order valence-electron chi connectivity index (χ3n) is 6.13. The van der Waals surface area contributed by atoms with E-state index in [2.05, 4.69) is 21.8 Å². The van der Waals surface area contributed by atoms with Crippen molar-refractivity contribution in [3.63, 3.8) is 0 Å². The van der Waals surface area contributed by atoms with E-state index < -0.39 is 5.97 Å². The van der Waals surface area contributed by atoms with E-state index in [-0.39, 0.29) is 18.2 Å². The minimum absolute atomic E-state index is 0.168. The number of pyridine rings is 1. The lowest BCUT2D eigenvalue weighted by molar-refractivity contribution is -0.138. The molecule has 0 saturated carbocycles. The molecule has 2 aliphatic rings. The van der Waals surface area contributed by atoms with Crippen LogP contribution in [0.4, 0.5) is 0 Å². The van der Waals surface area contributed by atoms with Crippen LogP contribution in [0, 0.1) is 5.92 Å². The summed E-state index contributed by atoms with van der Waals surface area (Å²) in [6.45, 7) is 5.60. The summed E-state index contributed by atoms with van der Waals surface area (Å²) in [5.74, 6) is -0.353. The quantitative estimate of drug-likeness (QED) is 0.760. The van der Waals surface area contributed by atoms with Crippen LogP contribution in [0.2, 0.25) is 0 Å². The number of nitrogens with zero attached hydrogens (tertiary/aromatic N) is 4. The summed E-state index contributed by atoms with van der Waals surface area (Å²) in [6.07, 6.45) is 6.48. The molecule has 3 heterocycles. The number of carbonyl (C=O) groups excluding carboxylic acids is 1. The first kappa shape index (κ1) is 20.7. The van der Waals surface area contributed by atoms with Gasteiger partial charge in [0, 0.05) is 70.5 Å². The third kappa shape index (κ3) is 5.75. The zero-order chi connectivity index (χ0) is 19.9. The number of likely N-dealkylation sites (tertiary alicyclic amines) is 1. The first-order chi connectivity index (χ1) is 13.5. The minimum Gasteiger partial charge on any atom is -0.481 e. The van der Waals surface area contributed by atoms with Crippen molar-refractivity contribution in [1.29, 1.82) is 0 Å². The lowest BCUT2D eigenvalue weighted by Crippen LogP contribution is -2.57. The number of aromatic nitrogens is 1. The maximum absolute atomic E-state index is 12.7. The zero-order valence-corrected chi connectivity index (χ0v) is 16.8. The molecular formula is C21H32N4O3. The maximum atomic E-state index is 12.7. The van der Waals surface area contributed by atoms with Gasteiger partial charge in [-0.15, -0.1) is 0 Å². The van der Waals surface area contributed by atoms with Crippen LogP contribution in [-0.2, 0) is 16.0 Å². The fourth-order valence-corrected chi connectivity index (χ4v) is 4.43. The number of carboxylic acid groups (broad SMARTS) is 1. The van der Waals surface area contributed by atoms with Gasteiger partial charge in [-0.05, 0) is 43.9 Å². The van der Waals surface area contributed by atoms with Crippen molar-refractivity contribution >= 4 is 11.9 Å². The number of amides is 1. The van der Waals surface area contributed by atoms with Gasteiger partial charge in [0.2, 0.25) is 5.91 Å². The number of rotatable bonds is 7. The molecule has 1 N–H and O–H groups in total. The van der Waals surface area contributed by atoms with Gasteiger partial charge < -0.3 is 14.9 Å². The largest absolute Gasteiger partial charge is 0.481 e. The Morgan fingerprint density at radius 2 is 1.96 bits per heavy atom. The fraction of sp³-hybridized carbons (Fsp3) is 0.667. The van der Waals surface area contributed by atoms with Crippen molar-refractivity contribution in [2.75, 3.05) is 46.3 Å². The summed E-state index contributed by atoms with van der Waals surface area (Å²) in [6, 6.07) is 4.27. The van der Waals surface area contributed by atoms with Crippen LogP contribution in [0.3, 0.4) is 0 Å². The highest BCUT2D eigenvalue weighted by atomic mass is 16.4. The zero-order valence-electron chi connectivity index (χ0n) is 16.8. The molecule has 3 rings (SSSR count). The molecule has 1 amide bonds. The monoisotopic (exact) mass is 388 g/mol. The van der Waals surface area contributed by atoms with Crippen molar-refractivity contribution in [1.82, 2.24) is 19.7 Å². The van der Waals surface area contributed by atoms with E-state index >= 15 is 0 Å². The molecule has 0 radical (unpaired) electrons. The van der Waals surface area contributed by atoms with Crippen molar-refractivity contribution in [2.24, 2.45) is 5.92 Å². The highest BCUT2D eigenvalue weighted by Gasteiger charge is 2.35. The molecule has 2 atom stereocenters. The van der Waals surface area contributed by atoms with E-state index in [0.717, 1.165) is 44.7 Å². The summed E-state index contributed by atoms with van der Waals surface area (Å²) < 4.78 is 0. The molecule has 2 unspecified atom stereocenters. The number of hydrogen-bond acceptors (Lipinski definition) is 5. The van der Waals surface area contributed by atoms with E-state index in [0.29, 0.717) is 31.8 Å². The fourth-order valence-electron chi connectivity index (χ4n) is 4.43. The molecule has 154 valence electrons. The maximum Gasteiger partial charge on any atom is 0.303 e. The van der Waals surface area contributed by atoms with Crippen molar-refractivity contribution in [3.8, 4) is 0 Å². The number of aliphatic carboxylic acids is 1. The Morgan fingerprint density at radius 3 is 2.64 bits per heavy atom. The Balaban J connectivity index is 1.57. The van der Waals surface area contributed by atoms with Crippen LogP contribution in [0.15, 0.2) is 24.5 Å². The van der Waals surface area contributed by atoms with Gasteiger partial charge in [0.05, 0.1) is 0 Å². The Bertz CT molecular complexity index is 646. The van der Waals surface area contributed by atoms with Crippen LogP contribution >= 0.6 is 0 Å². The van der Waals surface area contributed by atoms with Gasteiger partial charge in [0.1, 0.15) is 0 Å². The number of carboxylic acids is 1. The molecule has 2 fully saturated rings. The molecule has 7 nitrogen and oxygen atoms in total. The summed E-state index contributed by atoms with van der Waals surface area (Å²) >= 11 is 0. The molecule has 0 bridgehead atoms. The van der Waals surface area contributed by atoms with Crippen LogP contribution in [0.1, 0.15) is 31.2 Å². The van der Waals surface area contributed by atoms with Gasteiger partial charge in [0.15, 0.2) is 0 Å². The van der Waals surface area contributed by atoms with Crippen molar-refractivity contribution in [3.05, 3.63) is 30.1 Å². The summed E-state index contributed by atoms with van der Waals surface area (Å²) in [5.41, 5.74) is 1.07. The Morgan fingerprint density at radius 1 is 1.18 bits per heavy atom. The van der Waals surface area contributed by atoms with Gasteiger partial charge in [-0.2, -0.15) is 0 Å². The molecule has 28 heavy (non-hydrogen) atoms. The SMILES string of the molecule is CN1CCN(C2CCN(C(=O)CCc3cccnc3)CC2CCC(=O)O)CC1. The molecular weight excluding hydrogens is 356 g/mol. The normalized spacial score (nSPS) is 24.2. The number of carbonyl (C=O) groups is 2. The molecule has 2 saturated heterocycles. The number of aryl methyl sites for hydroxylation is 1. The number of likely N-dealkylation sites (N-methyl/N-ethyl adjacent to an activating group) is 1. The highest BCUT2D eigenvalue weighted by Crippen LogP contribution is 2.27. The minimum atomic E-state index is -0.753. The smallest absolute Gasteiger partial charge is 0.303 e. The van der Waals surface area contributed by atoms with Crippen molar-refractivity contribution < 1.29 is 14.7 Å². The second kappa shape index (κ2) is 9.98. The topological polar surface area (TPSA) is 77.0 Å². The van der Waals surface area contributed by atoms with Gasteiger partial charge in [-0.3, -0.25) is 19.5 Å².